The Morgan fingerprint density at radius 2 is 2.07 bits per heavy atom. The van der Waals surface area contributed by atoms with E-state index in [0.29, 0.717) is 0 Å². The summed E-state index contributed by atoms with van der Waals surface area (Å²) in [5.41, 5.74) is 2.42. The van der Waals surface area contributed by atoms with Gasteiger partial charge in [0.25, 0.3) is 0 Å². The van der Waals surface area contributed by atoms with Crippen molar-refractivity contribution in [3.05, 3.63) is 23.3 Å². The van der Waals surface area contributed by atoms with Gasteiger partial charge in [0.05, 0.1) is 6.10 Å². The molecule has 0 aromatic rings. The molecule has 0 saturated carbocycles. The van der Waals surface area contributed by atoms with Crippen LogP contribution in [0.4, 0.5) is 0 Å². The Morgan fingerprint density at radius 3 is 2.57 bits per heavy atom. The first-order valence-corrected chi connectivity index (χ1v) is 4.90. The minimum absolute atomic E-state index is 0.0694. The third-order valence-corrected chi connectivity index (χ3v) is 1.86. The number of hydrogen-bond donors (Lipinski definition) is 1. The van der Waals surface area contributed by atoms with E-state index in [9.17, 15) is 9.90 Å². The maximum atomic E-state index is 9.98. The molecule has 0 spiro atoms. The van der Waals surface area contributed by atoms with Gasteiger partial charge in [-0.2, -0.15) is 0 Å². The summed E-state index contributed by atoms with van der Waals surface area (Å²) in [6.07, 6.45) is 6.90. The topological polar surface area (TPSA) is 37.3 Å². The number of allylic oxidation sites excluding steroid dienone is 3. The Bertz CT molecular complexity index is 222. The molecule has 0 bridgehead atoms. The highest BCUT2D eigenvalue weighted by Gasteiger charge is 1.99. The minimum atomic E-state index is -0.667. The normalized spacial score (nSPS) is 13.6. The van der Waals surface area contributed by atoms with Gasteiger partial charge >= 0.3 is 0 Å². The van der Waals surface area contributed by atoms with E-state index in [0.717, 1.165) is 18.4 Å². The van der Waals surface area contributed by atoms with Gasteiger partial charge in [0.15, 0.2) is 0 Å². The van der Waals surface area contributed by atoms with Crippen LogP contribution in [0.25, 0.3) is 0 Å². The van der Waals surface area contributed by atoms with Gasteiger partial charge in [-0.15, -0.1) is 0 Å². The molecule has 0 aliphatic carbocycles. The van der Waals surface area contributed by atoms with E-state index in [4.69, 9.17) is 0 Å². The van der Waals surface area contributed by atoms with Crippen molar-refractivity contribution >= 4 is 6.29 Å². The standard InChI is InChI=1S/C12H19O2/c1-10(2)5-4-6-11(3)9-12(14)7-8-13/h5,9,12,14H,4,6-7H2,1-3H3/b11-9-. The Morgan fingerprint density at radius 1 is 1.43 bits per heavy atom. The van der Waals surface area contributed by atoms with Crippen molar-refractivity contribution in [1.29, 1.82) is 0 Å². The monoisotopic (exact) mass is 195 g/mol. The van der Waals surface area contributed by atoms with Gasteiger partial charge in [0.1, 0.15) is 0 Å². The molecule has 1 atom stereocenters. The summed E-state index contributed by atoms with van der Waals surface area (Å²) in [6.45, 7) is 6.09. The lowest BCUT2D eigenvalue weighted by Gasteiger charge is -2.03. The van der Waals surface area contributed by atoms with Crippen molar-refractivity contribution in [3.8, 4) is 0 Å². The predicted octanol–water partition coefficient (Wildman–Crippen LogP) is 2.54. The van der Waals surface area contributed by atoms with Crippen molar-refractivity contribution in [2.24, 2.45) is 0 Å². The van der Waals surface area contributed by atoms with Gasteiger partial charge in [-0.05, 0) is 33.6 Å². The fraction of sp³-hybridized carbons (Fsp3) is 0.583. The number of aliphatic hydroxyl groups is 1. The molecule has 0 aliphatic rings. The van der Waals surface area contributed by atoms with Crippen LogP contribution >= 0.6 is 0 Å². The molecular weight excluding hydrogens is 176 g/mol. The fourth-order valence-electron chi connectivity index (χ4n) is 1.14. The highest BCUT2D eigenvalue weighted by atomic mass is 16.3. The minimum Gasteiger partial charge on any atom is -0.389 e. The van der Waals surface area contributed by atoms with Crippen LogP contribution in [-0.2, 0) is 4.79 Å². The summed E-state index contributed by atoms with van der Waals surface area (Å²) >= 11 is 0. The largest absolute Gasteiger partial charge is 0.389 e. The molecule has 2 nitrogen and oxygen atoms in total. The molecule has 0 saturated heterocycles. The Balaban J connectivity index is 3.88. The molecule has 0 fully saturated rings. The first-order chi connectivity index (χ1) is 6.56. The van der Waals surface area contributed by atoms with Crippen LogP contribution in [-0.4, -0.2) is 17.5 Å². The lowest BCUT2D eigenvalue weighted by molar-refractivity contribution is 0.229. The van der Waals surface area contributed by atoms with Gasteiger partial charge in [-0.3, -0.25) is 4.79 Å². The van der Waals surface area contributed by atoms with Gasteiger partial charge in [-0.1, -0.05) is 23.3 Å². The summed E-state index contributed by atoms with van der Waals surface area (Å²) < 4.78 is 0. The van der Waals surface area contributed by atoms with E-state index < -0.39 is 6.10 Å². The molecule has 1 N–H and O–H groups in total. The van der Waals surface area contributed by atoms with Crippen LogP contribution in [0.15, 0.2) is 23.3 Å². The molecule has 2 heteroatoms. The summed E-state index contributed by atoms with van der Waals surface area (Å²) in [5.74, 6) is 0. The number of carbonyl (C=O) groups excluding carboxylic acids is 1. The second kappa shape index (κ2) is 7.51. The maximum Gasteiger partial charge on any atom is 0.201 e. The molecule has 0 aromatic heterocycles. The highest BCUT2D eigenvalue weighted by Crippen LogP contribution is 2.08. The highest BCUT2D eigenvalue weighted by molar-refractivity contribution is 5.51. The van der Waals surface area contributed by atoms with Crippen LogP contribution < -0.4 is 0 Å². The smallest absolute Gasteiger partial charge is 0.201 e. The van der Waals surface area contributed by atoms with Gasteiger partial charge in [-0.25, -0.2) is 0 Å². The predicted molar refractivity (Wildman–Crippen MR) is 58.7 cm³/mol. The Kier molecular flexibility index (Phi) is 7.03. The Labute approximate surface area is 86.3 Å². The molecule has 0 rings (SSSR count). The fourth-order valence-corrected chi connectivity index (χ4v) is 1.14. The quantitative estimate of drug-likeness (QED) is 0.661. The zero-order valence-electron chi connectivity index (χ0n) is 9.21. The van der Waals surface area contributed by atoms with Gasteiger partial charge in [0, 0.05) is 6.42 Å². The molecule has 1 unspecified atom stereocenters. The van der Waals surface area contributed by atoms with Crippen molar-refractivity contribution in [2.75, 3.05) is 0 Å². The van der Waals surface area contributed by atoms with Crippen LogP contribution in [0.2, 0.25) is 0 Å². The first kappa shape index (κ1) is 13.1. The van der Waals surface area contributed by atoms with E-state index >= 15 is 0 Å². The number of hydrogen-bond acceptors (Lipinski definition) is 2. The van der Waals surface area contributed by atoms with Crippen molar-refractivity contribution in [1.82, 2.24) is 0 Å². The van der Waals surface area contributed by atoms with Crippen LogP contribution in [0.3, 0.4) is 0 Å². The molecular formula is C12H19O2. The molecule has 1 radical (unpaired) electrons. The molecule has 14 heavy (non-hydrogen) atoms. The lowest BCUT2D eigenvalue weighted by Crippen LogP contribution is -2.03. The third kappa shape index (κ3) is 7.74. The van der Waals surface area contributed by atoms with E-state index in [1.165, 1.54) is 5.57 Å². The van der Waals surface area contributed by atoms with Gasteiger partial charge < -0.3 is 5.11 Å². The van der Waals surface area contributed by atoms with Crippen LogP contribution in [0, 0.1) is 0 Å². The van der Waals surface area contributed by atoms with E-state index in [2.05, 4.69) is 19.9 Å². The molecule has 79 valence electrons. The Hall–Kier alpha value is -0.890. The van der Waals surface area contributed by atoms with E-state index in [1.807, 2.05) is 6.92 Å². The first-order valence-electron chi connectivity index (χ1n) is 4.90. The van der Waals surface area contributed by atoms with Crippen LogP contribution in [0.1, 0.15) is 40.0 Å². The molecule has 0 heterocycles. The number of rotatable bonds is 6. The summed E-state index contributed by atoms with van der Waals surface area (Å²) in [5, 5.41) is 9.27. The zero-order valence-corrected chi connectivity index (χ0v) is 9.21. The summed E-state index contributed by atoms with van der Waals surface area (Å²) in [4.78, 5) is 9.98. The van der Waals surface area contributed by atoms with Crippen molar-refractivity contribution < 1.29 is 9.90 Å². The van der Waals surface area contributed by atoms with Gasteiger partial charge in [0.2, 0.25) is 6.29 Å². The average molecular weight is 195 g/mol. The van der Waals surface area contributed by atoms with E-state index in [1.54, 1.807) is 12.4 Å². The SMILES string of the molecule is CC(C)=CCC/C(C)=C\C(O)C[C]=O. The molecule has 0 aromatic carbocycles. The third-order valence-electron chi connectivity index (χ3n) is 1.86. The lowest BCUT2D eigenvalue weighted by atomic mass is 10.1. The second-order valence-electron chi connectivity index (χ2n) is 3.75. The van der Waals surface area contributed by atoms with Crippen molar-refractivity contribution in [3.63, 3.8) is 0 Å². The second-order valence-corrected chi connectivity index (χ2v) is 3.75. The molecule has 0 amide bonds. The summed E-state index contributed by atoms with van der Waals surface area (Å²) in [6, 6.07) is 0. The maximum absolute atomic E-state index is 9.98. The van der Waals surface area contributed by atoms with Crippen LogP contribution in [0.5, 0.6) is 0 Å². The van der Waals surface area contributed by atoms with Crippen molar-refractivity contribution in [2.45, 2.75) is 46.1 Å². The average Bonchev–Trinajstić information content (AvgIpc) is 2.03. The number of aliphatic hydroxyl groups excluding tert-OH is 1. The summed E-state index contributed by atoms with van der Waals surface area (Å²) in [7, 11) is 0. The van der Waals surface area contributed by atoms with E-state index in [-0.39, 0.29) is 6.42 Å². The zero-order chi connectivity index (χ0) is 11.0. The molecule has 0 aliphatic heterocycles.